The van der Waals surface area contributed by atoms with E-state index in [1.165, 1.54) is 0 Å². The zero-order valence-electron chi connectivity index (χ0n) is 13.0. The van der Waals surface area contributed by atoms with Crippen molar-refractivity contribution < 1.29 is 4.79 Å². The van der Waals surface area contributed by atoms with E-state index in [1.807, 2.05) is 54.7 Å². The normalized spacial score (nSPS) is 16.0. The molecule has 1 aromatic carbocycles. The number of piperazine rings is 1. The average molecular weight is 298 g/mol. The smallest absolute Gasteiger partial charge is 0.253 e. The average Bonchev–Trinajstić information content (AvgIpc) is 2.99. The topological polar surface area (TPSA) is 41.4 Å². The number of aryl methyl sites for hydroxylation is 1. The van der Waals surface area contributed by atoms with Gasteiger partial charge >= 0.3 is 0 Å². The predicted octanol–water partition coefficient (Wildman–Crippen LogP) is 1.42. The second-order valence-corrected chi connectivity index (χ2v) is 5.70. The number of aromatic nitrogens is 2. The van der Waals surface area contributed by atoms with Crippen molar-refractivity contribution in [3.8, 4) is 0 Å². The molecule has 1 fully saturated rings. The fourth-order valence-corrected chi connectivity index (χ4v) is 2.83. The van der Waals surface area contributed by atoms with Gasteiger partial charge in [0, 0.05) is 64.1 Å². The molecule has 3 rings (SSSR count). The van der Waals surface area contributed by atoms with Crippen LogP contribution in [0.1, 0.15) is 16.2 Å². The Bertz CT molecular complexity index is 615. The molecule has 0 radical (unpaired) electrons. The minimum atomic E-state index is 0.143. The highest BCUT2D eigenvalue weighted by Gasteiger charge is 2.21. The summed E-state index contributed by atoms with van der Waals surface area (Å²) in [7, 11) is 2.03. The molecule has 2 heterocycles. The Morgan fingerprint density at radius 3 is 2.50 bits per heavy atom. The Morgan fingerprint density at radius 2 is 1.86 bits per heavy atom. The van der Waals surface area contributed by atoms with Crippen LogP contribution in [0.4, 0.5) is 0 Å². The number of carbonyl (C=O) groups is 1. The summed E-state index contributed by atoms with van der Waals surface area (Å²) in [6.45, 7) is 4.47. The van der Waals surface area contributed by atoms with Crippen LogP contribution in [0.15, 0.2) is 42.7 Å². The summed E-state index contributed by atoms with van der Waals surface area (Å²) in [5.74, 6) is 1.26. The van der Waals surface area contributed by atoms with E-state index in [2.05, 4.69) is 14.5 Å². The highest BCUT2D eigenvalue weighted by molar-refractivity contribution is 5.94. The molecule has 22 heavy (non-hydrogen) atoms. The lowest BCUT2D eigenvalue weighted by Gasteiger charge is -2.34. The van der Waals surface area contributed by atoms with E-state index >= 15 is 0 Å². The molecule has 1 amide bonds. The van der Waals surface area contributed by atoms with E-state index in [1.54, 1.807) is 0 Å². The molecule has 0 atom stereocenters. The summed E-state index contributed by atoms with van der Waals surface area (Å²) in [5.41, 5.74) is 0.781. The van der Waals surface area contributed by atoms with Crippen LogP contribution < -0.4 is 0 Å². The van der Waals surface area contributed by atoms with Gasteiger partial charge in [-0.3, -0.25) is 9.69 Å². The molecule has 5 heteroatoms. The lowest BCUT2D eigenvalue weighted by Crippen LogP contribution is -2.49. The first-order chi connectivity index (χ1) is 10.7. The van der Waals surface area contributed by atoms with Crippen LogP contribution in [0.5, 0.6) is 0 Å². The molecule has 1 saturated heterocycles. The van der Waals surface area contributed by atoms with Crippen LogP contribution in [-0.4, -0.2) is 58.0 Å². The van der Waals surface area contributed by atoms with E-state index in [-0.39, 0.29) is 5.91 Å². The number of rotatable bonds is 4. The summed E-state index contributed by atoms with van der Waals surface area (Å²) in [6.07, 6.45) is 4.77. The van der Waals surface area contributed by atoms with Crippen LogP contribution in [0, 0.1) is 0 Å². The Balaban J connectivity index is 1.48. The molecule has 0 bridgehead atoms. The largest absolute Gasteiger partial charge is 0.338 e. The van der Waals surface area contributed by atoms with E-state index in [0.29, 0.717) is 0 Å². The lowest BCUT2D eigenvalue weighted by atomic mass is 10.2. The van der Waals surface area contributed by atoms with Crippen LogP contribution in [0.2, 0.25) is 0 Å². The minimum absolute atomic E-state index is 0.143. The zero-order chi connectivity index (χ0) is 15.4. The number of hydrogen-bond donors (Lipinski definition) is 0. The molecule has 1 aliphatic heterocycles. The standard InChI is InChI=1S/C17H22N4O/c1-19-10-8-18-16(19)7-9-20-11-13-21(14-12-20)17(22)15-5-3-2-4-6-15/h2-6,8,10H,7,9,11-14H2,1H3. The van der Waals surface area contributed by atoms with Crippen molar-refractivity contribution in [1.29, 1.82) is 0 Å². The van der Waals surface area contributed by atoms with Crippen molar-refractivity contribution in [2.75, 3.05) is 32.7 Å². The number of amides is 1. The Morgan fingerprint density at radius 1 is 1.14 bits per heavy atom. The first kappa shape index (κ1) is 14.8. The van der Waals surface area contributed by atoms with E-state index < -0.39 is 0 Å². The van der Waals surface area contributed by atoms with Gasteiger partial charge in [-0.15, -0.1) is 0 Å². The van der Waals surface area contributed by atoms with Crippen molar-refractivity contribution in [1.82, 2.24) is 19.4 Å². The van der Waals surface area contributed by atoms with Crippen molar-refractivity contribution in [3.05, 3.63) is 54.1 Å². The lowest BCUT2D eigenvalue weighted by molar-refractivity contribution is 0.0638. The summed E-state index contributed by atoms with van der Waals surface area (Å²) in [5, 5.41) is 0. The third kappa shape index (κ3) is 3.36. The van der Waals surface area contributed by atoms with Crippen molar-refractivity contribution in [2.45, 2.75) is 6.42 Å². The Kier molecular flexibility index (Phi) is 4.53. The van der Waals surface area contributed by atoms with Gasteiger partial charge in [0.2, 0.25) is 0 Å². The molecular formula is C17H22N4O. The first-order valence-electron chi connectivity index (χ1n) is 7.77. The van der Waals surface area contributed by atoms with Gasteiger partial charge in [-0.05, 0) is 12.1 Å². The fraction of sp³-hybridized carbons (Fsp3) is 0.412. The number of carbonyl (C=O) groups excluding carboxylic acids is 1. The third-order valence-electron chi connectivity index (χ3n) is 4.25. The molecule has 1 aliphatic rings. The van der Waals surface area contributed by atoms with Crippen molar-refractivity contribution >= 4 is 5.91 Å². The molecule has 0 unspecified atom stereocenters. The molecule has 116 valence electrons. The molecule has 0 spiro atoms. The van der Waals surface area contributed by atoms with E-state index in [4.69, 9.17) is 0 Å². The summed E-state index contributed by atoms with van der Waals surface area (Å²) in [6, 6.07) is 9.53. The SMILES string of the molecule is Cn1ccnc1CCN1CCN(C(=O)c2ccccc2)CC1. The number of imidazole rings is 1. The maximum atomic E-state index is 12.4. The molecule has 2 aromatic rings. The van der Waals surface area contributed by atoms with Crippen LogP contribution >= 0.6 is 0 Å². The summed E-state index contributed by atoms with van der Waals surface area (Å²) >= 11 is 0. The van der Waals surface area contributed by atoms with E-state index in [0.717, 1.165) is 50.5 Å². The summed E-state index contributed by atoms with van der Waals surface area (Å²) in [4.78, 5) is 21.1. The third-order valence-corrected chi connectivity index (χ3v) is 4.25. The maximum absolute atomic E-state index is 12.4. The first-order valence-corrected chi connectivity index (χ1v) is 7.77. The monoisotopic (exact) mass is 298 g/mol. The van der Waals surface area contributed by atoms with Gasteiger partial charge in [0.15, 0.2) is 0 Å². The molecule has 0 saturated carbocycles. The van der Waals surface area contributed by atoms with Gasteiger partial charge in [0.1, 0.15) is 5.82 Å². The van der Waals surface area contributed by atoms with Gasteiger partial charge < -0.3 is 9.47 Å². The minimum Gasteiger partial charge on any atom is -0.338 e. The maximum Gasteiger partial charge on any atom is 0.253 e. The van der Waals surface area contributed by atoms with Gasteiger partial charge in [0.25, 0.3) is 5.91 Å². The quantitative estimate of drug-likeness (QED) is 0.857. The van der Waals surface area contributed by atoms with Crippen LogP contribution in [0.25, 0.3) is 0 Å². The van der Waals surface area contributed by atoms with Gasteiger partial charge in [0.05, 0.1) is 0 Å². The van der Waals surface area contributed by atoms with Gasteiger partial charge in [-0.2, -0.15) is 0 Å². The second kappa shape index (κ2) is 6.75. The second-order valence-electron chi connectivity index (χ2n) is 5.70. The molecule has 1 aromatic heterocycles. The van der Waals surface area contributed by atoms with E-state index in [9.17, 15) is 4.79 Å². The Hall–Kier alpha value is -2.14. The molecule has 5 nitrogen and oxygen atoms in total. The van der Waals surface area contributed by atoms with Gasteiger partial charge in [-0.1, -0.05) is 18.2 Å². The number of benzene rings is 1. The fourth-order valence-electron chi connectivity index (χ4n) is 2.83. The van der Waals surface area contributed by atoms with Crippen LogP contribution in [-0.2, 0) is 13.5 Å². The predicted molar refractivity (Wildman–Crippen MR) is 85.7 cm³/mol. The number of hydrogen-bond acceptors (Lipinski definition) is 3. The van der Waals surface area contributed by atoms with Gasteiger partial charge in [-0.25, -0.2) is 4.98 Å². The zero-order valence-corrected chi connectivity index (χ0v) is 13.0. The number of nitrogens with zero attached hydrogens (tertiary/aromatic N) is 4. The van der Waals surface area contributed by atoms with Crippen molar-refractivity contribution in [3.63, 3.8) is 0 Å². The highest BCUT2D eigenvalue weighted by Crippen LogP contribution is 2.09. The molecular weight excluding hydrogens is 276 g/mol. The Labute approximate surface area is 131 Å². The molecule has 0 aliphatic carbocycles. The van der Waals surface area contributed by atoms with Crippen LogP contribution in [0.3, 0.4) is 0 Å². The molecule has 0 N–H and O–H groups in total. The highest BCUT2D eigenvalue weighted by atomic mass is 16.2. The summed E-state index contributed by atoms with van der Waals surface area (Å²) < 4.78 is 2.06. The van der Waals surface area contributed by atoms with Crippen molar-refractivity contribution in [2.24, 2.45) is 7.05 Å².